The van der Waals surface area contributed by atoms with Gasteiger partial charge in [-0.1, -0.05) is 18.2 Å². The number of aromatic nitrogens is 1. The number of rotatable bonds is 4. The molecule has 2 amide bonds. The van der Waals surface area contributed by atoms with E-state index >= 15 is 0 Å². The molecule has 126 valence electrons. The molecular formula is C18H21FN4O. The van der Waals surface area contributed by atoms with Gasteiger partial charge in [-0.2, -0.15) is 0 Å². The van der Waals surface area contributed by atoms with E-state index < -0.39 is 0 Å². The van der Waals surface area contributed by atoms with Gasteiger partial charge in [0.15, 0.2) is 0 Å². The minimum atomic E-state index is -0.171. The van der Waals surface area contributed by atoms with Crippen molar-refractivity contribution in [3.8, 4) is 0 Å². The van der Waals surface area contributed by atoms with Crippen molar-refractivity contribution >= 4 is 6.03 Å². The van der Waals surface area contributed by atoms with E-state index in [0.29, 0.717) is 31.7 Å². The van der Waals surface area contributed by atoms with Gasteiger partial charge in [-0.3, -0.25) is 9.88 Å². The fourth-order valence-electron chi connectivity index (χ4n) is 2.77. The molecule has 0 saturated carbocycles. The second-order valence-corrected chi connectivity index (χ2v) is 5.87. The summed E-state index contributed by atoms with van der Waals surface area (Å²) in [6.45, 7) is 3.87. The van der Waals surface area contributed by atoms with Gasteiger partial charge in [0, 0.05) is 57.2 Å². The number of urea groups is 1. The molecule has 3 rings (SSSR count). The number of amides is 2. The Kier molecular flexibility index (Phi) is 5.38. The summed E-state index contributed by atoms with van der Waals surface area (Å²) in [6.07, 6.45) is 3.42. The van der Waals surface area contributed by atoms with Gasteiger partial charge < -0.3 is 10.2 Å². The van der Waals surface area contributed by atoms with Crippen LogP contribution in [0.4, 0.5) is 9.18 Å². The second kappa shape index (κ2) is 7.88. The van der Waals surface area contributed by atoms with Crippen molar-refractivity contribution in [3.63, 3.8) is 0 Å². The number of nitrogens with zero attached hydrogens (tertiary/aromatic N) is 3. The molecule has 2 heterocycles. The Hall–Kier alpha value is -2.47. The topological polar surface area (TPSA) is 48.5 Å². The van der Waals surface area contributed by atoms with Crippen molar-refractivity contribution < 1.29 is 9.18 Å². The lowest BCUT2D eigenvalue weighted by Crippen LogP contribution is -2.51. The van der Waals surface area contributed by atoms with E-state index in [1.807, 2.05) is 24.3 Å². The Morgan fingerprint density at radius 3 is 2.50 bits per heavy atom. The van der Waals surface area contributed by atoms with Crippen molar-refractivity contribution in [2.45, 2.75) is 13.1 Å². The molecule has 0 unspecified atom stereocenters. The second-order valence-electron chi connectivity index (χ2n) is 5.87. The average Bonchev–Trinajstić information content (AvgIpc) is 2.63. The molecule has 0 spiro atoms. The van der Waals surface area contributed by atoms with Crippen molar-refractivity contribution in [2.24, 2.45) is 0 Å². The maximum Gasteiger partial charge on any atom is 0.317 e. The molecule has 0 radical (unpaired) electrons. The molecule has 1 aliphatic rings. The third kappa shape index (κ3) is 4.29. The number of hydrogen-bond acceptors (Lipinski definition) is 3. The first kappa shape index (κ1) is 16.4. The number of nitrogens with one attached hydrogen (secondary N) is 1. The summed E-state index contributed by atoms with van der Waals surface area (Å²) in [5.74, 6) is -0.171. The maximum absolute atomic E-state index is 13.7. The molecule has 6 heteroatoms. The van der Waals surface area contributed by atoms with Gasteiger partial charge in [0.1, 0.15) is 5.82 Å². The molecule has 1 aliphatic heterocycles. The normalized spacial score (nSPS) is 15.3. The molecule has 1 aromatic heterocycles. The highest BCUT2D eigenvalue weighted by molar-refractivity contribution is 5.74. The highest BCUT2D eigenvalue weighted by atomic mass is 19.1. The molecule has 1 saturated heterocycles. The Morgan fingerprint density at radius 2 is 1.79 bits per heavy atom. The van der Waals surface area contributed by atoms with Gasteiger partial charge in [-0.05, 0) is 23.8 Å². The van der Waals surface area contributed by atoms with Crippen LogP contribution in [0.2, 0.25) is 0 Å². The predicted octanol–water partition coefficient (Wildman–Crippen LogP) is 2.25. The van der Waals surface area contributed by atoms with Crippen LogP contribution in [-0.2, 0) is 13.1 Å². The fourth-order valence-corrected chi connectivity index (χ4v) is 2.77. The first-order valence-corrected chi connectivity index (χ1v) is 8.10. The summed E-state index contributed by atoms with van der Waals surface area (Å²) in [4.78, 5) is 20.1. The predicted molar refractivity (Wildman–Crippen MR) is 89.7 cm³/mol. The van der Waals surface area contributed by atoms with Crippen LogP contribution in [0.3, 0.4) is 0 Å². The molecule has 1 fully saturated rings. The van der Waals surface area contributed by atoms with Crippen LogP contribution in [0, 0.1) is 5.82 Å². The molecule has 1 N–H and O–H groups in total. The van der Waals surface area contributed by atoms with Gasteiger partial charge in [0.25, 0.3) is 0 Å². The Morgan fingerprint density at radius 1 is 1.08 bits per heavy atom. The number of halogens is 1. The average molecular weight is 328 g/mol. The monoisotopic (exact) mass is 328 g/mol. The number of piperazine rings is 1. The first-order valence-electron chi connectivity index (χ1n) is 8.10. The van der Waals surface area contributed by atoms with E-state index in [4.69, 9.17) is 0 Å². The Balaban J connectivity index is 1.44. The third-order valence-electron chi connectivity index (χ3n) is 4.20. The molecule has 0 atom stereocenters. The van der Waals surface area contributed by atoms with Crippen molar-refractivity contribution in [1.82, 2.24) is 20.1 Å². The molecule has 2 aromatic rings. The first-order chi connectivity index (χ1) is 11.7. The molecular weight excluding hydrogens is 307 g/mol. The van der Waals surface area contributed by atoms with Crippen LogP contribution in [0.15, 0.2) is 48.8 Å². The van der Waals surface area contributed by atoms with Gasteiger partial charge in [-0.25, -0.2) is 9.18 Å². The number of carbonyl (C=O) groups excluding carboxylic acids is 1. The quantitative estimate of drug-likeness (QED) is 0.936. The fraction of sp³-hybridized carbons (Fsp3) is 0.333. The van der Waals surface area contributed by atoms with E-state index in [1.165, 1.54) is 6.07 Å². The third-order valence-corrected chi connectivity index (χ3v) is 4.20. The van der Waals surface area contributed by atoms with Gasteiger partial charge in [0.2, 0.25) is 0 Å². The lowest BCUT2D eigenvalue weighted by molar-refractivity contribution is 0.134. The standard InChI is InChI=1S/C18H21FN4O/c19-17-4-2-1-3-16(17)14-22-9-11-23(12-10-22)18(24)21-13-15-5-7-20-8-6-15/h1-8H,9-14H2,(H,21,24). The molecule has 1 aromatic carbocycles. The zero-order chi connectivity index (χ0) is 16.8. The van der Waals surface area contributed by atoms with Crippen LogP contribution in [0.1, 0.15) is 11.1 Å². The summed E-state index contributed by atoms with van der Waals surface area (Å²) in [5.41, 5.74) is 1.73. The Labute approximate surface area is 141 Å². The summed E-state index contributed by atoms with van der Waals surface area (Å²) in [7, 11) is 0. The van der Waals surface area contributed by atoms with Crippen LogP contribution >= 0.6 is 0 Å². The molecule has 5 nitrogen and oxygen atoms in total. The van der Waals surface area contributed by atoms with Gasteiger partial charge >= 0.3 is 6.03 Å². The lowest BCUT2D eigenvalue weighted by Gasteiger charge is -2.34. The van der Waals surface area contributed by atoms with E-state index in [2.05, 4.69) is 15.2 Å². The zero-order valence-electron chi connectivity index (χ0n) is 13.5. The number of hydrogen-bond donors (Lipinski definition) is 1. The summed E-state index contributed by atoms with van der Waals surface area (Å²) < 4.78 is 13.7. The minimum absolute atomic E-state index is 0.0580. The maximum atomic E-state index is 13.7. The zero-order valence-corrected chi connectivity index (χ0v) is 13.5. The highest BCUT2D eigenvalue weighted by Gasteiger charge is 2.21. The van der Waals surface area contributed by atoms with E-state index in [-0.39, 0.29) is 11.8 Å². The summed E-state index contributed by atoms with van der Waals surface area (Å²) in [5, 5.41) is 2.92. The van der Waals surface area contributed by atoms with E-state index in [0.717, 1.165) is 18.7 Å². The van der Waals surface area contributed by atoms with Gasteiger partial charge in [0.05, 0.1) is 0 Å². The van der Waals surface area contributed by atoms with Crippen LogP contribution in [0.5, 0.6) is 0 Å². The van der Waals surface area contributed by atoms with E-state index in [9.17, 15) is 9.18 Å². The number of benzene rings is 1. The SMILES string of the molecule is O=C(NCc1ccncc1)N1CCN(Cc2ccccc2F)CC1. The molecule has 0 aliphatic carbocycles. The van der Waals surface area contributed by atoms with E-state index in [1.54, 1.807) is 23.4 Å². The van der Waals surface area contributed by atoms with Crippen LogP contribution in [-0.4, -0.2) is 47.0 Å². The largest absolute Gasteiger partial charge is 0.334 e. The van der Waals surface area contributed by atoms with Crippen LogP contribution in [0.25, 0.3) is 0 Å². The van der Waals surface area contributed by atoms with Crippen molar-refractivity contribution in [1.29, 1.82) is 0 Å². The summed E-state index contributed by atoms with van der Waals surface area (Å²) in [6, 6.07) is 10.5. The molecule has 0 bridgehead atoms. The molecule has 24 heavy (non-hydrogen) atoms. The summed E-state index contributed by atoms with van der Waals surface area (Å²) >= 11 is 0. The van der Waals surface area contributed by atoms with Crippen LogP contribution < -0.4 is 5.32 Å². The van der Waals surface area contributed by atoms with Crippen molar-refractivity contribution in [2.75, 3.05) is 26.2 Å². The Bertz CT molecular complexity index is 672. The van der Waals surface area contributed by atoms with Crippen molar-refractivity contribution in [3.05, 3.63) is 65.7 Å². The number of pyridine rings is 1. The minimum Gasteiger partial charge on any atom is -0.334 e. The highest BCUT2D eigenvalue weighted by Crippen LogP contribution is 2.12. The van der Waals surface area contributed by atoms with Gasteiger partial charge in [-0.15, -0.1) is 0 Å². The number of carbonyl (C=O) groups is 1. The lowest BCUT2D eigenvalue weighted by atomic mass is 10.2. The smallest absolute Gasteiger partial charge is 0.317 e.